The maximum atomic E-state index is 12.1. The van der Waals surface area contributed by atoms with Gasteiger partial charge in [0.15, 0.2) is 5.78 Å². The van der Waals surface area contributed by atoms with Crippen molar-refractivity contribution in [3.63, 3.8) is 0 Å². The SMILES string of the molecule is CCC(O)C(=O)C1C(C)C=CCC1(C)C. The van der Waals surface area contributed by atoms with E-state index in [0.717, 1.165) is 6.42 Å². The Hall–Kier alpha value is -0.630. The molecule has 1 rings (SSSR count). The summed E-state index contributed by atoms with van der Waals surface area (Å²) in [5.41, 5.74) is -0.0264. The molecule has 0 radical (unpaired) electrons. The number of allylic oxidation sites excluding steroid dienone is 2. The molecule has 0 spiro atoms. The molecule has 0 saturated carbocycles. The van der Waals surface area contributed by atoms with Crippen molar-refractivity contribution in [2.24, 2.45) is 17.3 Å². The van der Waals surface area contributed by atoms with Crippen LogP contribution in [0, 0.1) is 17.3 Å². The van der Waals surface area contributed by atoms with Gasteiger partial charge in [0.1, 0.15) is 6.10 Å². The van der Waals surface area contributed by atoms with Crippen molar-refractivity contribution in [1.29, 1.82) is 0 Å². The van der Waals surface area contributed by atoms with Gasteiger partial charge in [-0.05, 0) is 24.2 Å². The van der Waals surface area contributed by atoms with E-state index in [9.17, 15) is 9.90 Å². The average molecular weight is 210 g/mol. The van der Waals surface area contributed by atoms with Crippen molar-refractivity contribution in [3.8, 4) is 0 Å². The minimum Gasteiger partial charge on any atom is -0.385 e. The molecule has 86 valence electrons. The lowest BCUT2D eigenvalue weighted by Crippen LogP contribution is -2.42. The van der Waals surface area contributed by atoms with Crippen molar-refractivity contribution < 1.29 is 9.90 Å². The Morgan fingerprint density at radius 2 is 2.20 bits per heavy atom. The van der Waals surface area contributed by atoms with Gasteiger partial charge in [-0.1, -0.05) is 39.8 Å². The van der Waals surface area contributed by atoms with Crippen LogP contribution in [0.2, 0.25) is 0 Å². The minimum atomic E-state index is -0.789. The number of hydrogen-bond acceptors (Lipinski definition) is 2. The summed E-state index contributed by atoms with van der Waals surface area (Å²) in [5, 5.41) is 9.66. The molecule has 1 aliphatic rings. The number of Topliss-reactive ketones (excluding diaryl/α,β-unsaturated/α-hetero) is 1. The Bertz CT molecular complexity index is 266. The minimum absolute atomic E-state index is 0.0133. The van der Waals surface area contributed by atoms with Crippen molar-refractivity contribution >= 4 is 5.78 Å². The van der Waals surface area contributed by atoms with Crippen molar-refractivity contribution in [2.75, 3.05) is 0 Å². The Labute approximate surface area is 92.4 Å². The summed E-state index contributed by atoms with van der Waals surface area (Å²) < 4.78 is 0. The topological polar surface area (TPSA) is 37.3 Å². The highest BCUT2D eigenvalue weighted by Gasteiger charge is 2.41. The maximum Gasteiger partial charge on any atom is 0.165 e. The zero-order chi connectivity index (χ0) is 11.6. The van der Waals surface area contributed by atoms with Crippen LogP contribution in [0.5, 0.6) is 0 Å². The molecule has 3 unspecified atom stereocenters. The maximum absolute atomic E-state index is 12.1. The predicted octanol–water partition coefficient (Wildman–Crippen LogP) is 2.56. The van der Waals surface area contributed by atoms with Gasteiger partial charge in [-0.15, -0.1) is 0 Å². The summed E-state index contributed by atoms with van der Waals surface area (Å²) in [6.45, 7) is 8.12. The van der Waals surface area contributed by atoms with E-state index < -0.39 is 6.10 Å². The first kappa shape index (κ1) is 12.4. The van der Waals surface area contributed by atoms with Crippen LogP contribution >= 0.6 is 0 Å². The van der Waals surface area contributed by atoms with Gasteiger partial charge < -0.3 is 5.11 Å². The lowest BCUT2D eigenvalue weighted by molar-refractivity contribution is -0.136. The van der Waals surface area contributed by atoms with E-state index in [-0.39, 0.29) is 23.0 Å². The Morgan fingerprint density at radius 3 is 2.67 bits per heavy atom. The van der Waals surface area contributed by atoms with Crippen LogP contribution in [0.1, 0.15) is 40.5 Å². The van der Waals surface area contributed by atoms with E-state index in [4.69, 9.17) is 0 Å². The molecule has 0 heterocycles. The largest absolute Gasteiger partial charge is 0.385 e. The standard InChI is InChI=1S/C13H22O2/c1-5-10(14)12(15)11-9(2)7-6-8-13(11,3)4/h6-7,9-11,14H,5,8H2,1-4H3. The third-order valence-electron chi connectivity index (χ3n) is 3.47. The molecule has 0 amide bonds. The summed E-state index contributed by atoms with van der Waals surface area (Å²) in [6, 6.07) is 0. The van der Waals surface area contributed by atoms with E-state index in [1.807, 2.05) is 6.92 Å². The first-order valence-electron chi connectivity index (χ1n) is 5.78. The van der Waals surface area contributed by atoms with Crippen LogP contribution < -0.4 is 0 Å². The number of carbonyl (C=O) groups is 1. The van der Waals surface area contributed by atoms with Gasteiger partial charge in [0.2, 0.25) is 0 Å². The highest BCUT2D eigenvalue weighted by Crippen LogP contribution is 2.41. The van der Waals surface area contributed by atoms with Gasteiger partial charge in [0, 0.05) is 5.92 Å². The molecular weight excluding hydrogens is 188 g/mol. The van der Waals surface area contributed by atoms with Crippen molar-refractivity contribution in [1.82, 2.24) is 0 Å². The zero-order valence-electron chi connectivity index (χ0n) is 10.2. The van der Waals surface area contributed by atoms with Gasteiger partial charge >= 0.3 is 0 Å². The molecule has 0 aromatic carbocycles. The Balaban J connectivity index is 2.90. The van der Waals surface area contributed by atoms with E-state index in [2.05, 4.69) is 32.9 Å². The van der Waals surface area contributed by atoms with Crippen LogP contribution in [-0.2, 0) is 4.79 Å². The van der Waals surface area contributed by atoms with Crippen LogP contribution in [0.25, 0.3) is 0 Å². The molecule has 1 N–H and O–H groups in total. The monoisotopic (exact) mass is 210 g/mol. The Morgan fingerprint density at radius 1 is 1.60 bits per heavy atom. The number of ketones is 1. The van der Waals surface area contributed by atoms with Crippen LogP contribution in [0.3, 0.4) is 0 Å². The highest BCUT2D eigenvalue weighted by molar-refractivity contribution is 5.86. The quantitative estimate of drug-likeness (QED) is 0.727. The second-order valence-corrected chi connectivity index (χ2v) is 5.28. The van der Waals surface area contributed by atoms with Crippen molar-refractivity contribution in [3.05, 3.63) is 12.2 Å². The first-order chi connectivity index (χ1) is 6.90. The second kappa shape index (κ2) is 4.48. The molecular formula is C13H22O2. The molecule has 2 heteroatoms. The van der Waals surface area contributed by atoms with E-state index in [1.54, 1.807) is 0 Å². The molecule has 15 heavy (non-hydrogen) atoms. The molecule has 0 aliphatic heterocycles. The third-order valence-corrected chi connectivity index (χ3v) is 3.47. The fraction of sp³-hybridized carbons (Fsp3) is 0.769. The molecule has 0 saturated heterocycles. The summed E-state index contributed by atoms with van der Waals surface area (Å²) in [7, 11) is 0. The summed E-state index contributed by atoms with van der Waals surface area (Å²) in [4.78, 5) is 12.1. The van der Waals surface area contributed by atoms with Crippen LogP contribution in [0.15, 0.2) is 12.2 Å². The second-order valence-electron chi connectivity index (χ2n) is 5.28. The smallest absolute Gasteiger partial charge is 0.165 e. The number of aliphatic hydroxyl groups is 1. The number of aliphatic hydroxyl groups excluding tert-OH is 1. The number of carbonyl (C=O) groups excluding carboxylic acids is 1. The molecule has 0 aromatic rings. The number of hydrogen-bond donors (Lipinski definition) is 1. The predicted molar refractivity (Wildman–Crippen MR) is 61.5 cm³/mol. The van der Waals surface area contributed by atoms with Crippen LogP contribution in [-0.4, -0.2) is 17.0 Å². The zero-order valence-corrected chi connectivity index (χ0v) is 10.2. The fourth-order valence-electron chi connectivity index (χ4n) is 2.59. The van der Waals surface area contributed by atoms with E-state index >= 15 is 0 Å². The van der Waals surface area contributed by atoms with Gasteiger partial charge in [0.25, 0.3) is 0 Å². The summed E-state index contributed by atoms with van der Waals surface area (Å²) in [6.07, 6.45) is 4.89. The lowest BCUT2D eigenvalue weighted by atomic mass is 9.64. The van der Waals surface area contributed by atoms with Crippen molar-refractivity contribution in [2.45, 2.75) is 46.6 Å². The molecule has 0 aromatic heterocycles. The number of rotatable bonds is 3. The average Bonchev–Trinajstić information content (AvgIpc) is 2.14. The molecule has 2 nitrogen and oxygen atoms in total. The lowest BCUT2D eigenvalue weighted by Gasteiger charge is -2.39. The molecule has 0 bridgehead atoms. The molecule has 3 atom stereocenters. The summed E-state index contributed by atoms with van der Waals surface area (Å²) in [5.74, 6) is 0.208. The van der Waals surface area contributed by atoms with Gasteiger partial charge in [-0.25, -0.2) is 0 Å². The normalized spacial score (nSPS) is 31.3. The third kappa shape index (κ3) is 2.49. The summed E-state index contributed by atoms with van der Waals surface area (Å²) >= 11 is 0. The Kier molecular flexibility index (Phi) is 3.72. The first-order valence-corrected chi connectivity index (χ1v) is 5.78. The van der Waals surface area contributed by atoms with Gasteiger partial charge in [-0.3, -0.25) is 4.79 Å². The van der Waals surface area contributed by atoms with Gasteiger partial charge in [-0.2, -0.15) is 0 Å². The van der Waals surface area contributed by atoms with Crippen LogP contribution in [0.4, 0.5) is 0 Å². The molecule has 0 fully saturated rings. The van der Waals surface area contributed by atoms with E-state index in [0.29, 0.717) is 6.42 Å². The van der Waals surface area contributed by atoms with Gasteiger partial charge in [0.05, 0.1) is 0 Å². The van der Waals surface area contributed by atoms with E-state index in [1.165, 1.54) is 0 Å². The highest BCUT2D eigenvalue weighted by atomic mass is 16.3. The fourth-order valence-corrected chi connectivity index (χ4v) is 2.59. The molecule has 1 aliphatic carbocycles.